The molecule has 0 aliphatic rings. The van der Waals surface area contributed by atoms with Crippen LogP contribution in [0, 0.1) is 0 Å². The molecule has 1 aromatic heterocycles. The Kier molecular flexibility index (Phi) is 5.10. The van der Waals surface area contributed by atoms with Gasteiger partial charge in [-0.3, -0.25) is 4.79 Å². The molecule has 0 unspecified atom stereocenters. The second-order valence-electron chi connectivity index (χ2n) is 4.63. The number of aliphatic hydroxyl groups excluding tert-OH is 1. The zero-order chi connectivity index (χ0) is 17.9. The number of carbonyl (C=O) groups excluding carboxylic acids is 1. The van der Waals surface area contributed by atoms with Gasteiger partial charge in [0, 0.05) is 4.88 Å². The van der Waals surface area contributed by atoms with Gasteiger partial charge >= 0.3 is 11.9 Å². The molecule has 1 aromatic carbocycles. The normalized spacial score (nSPS) is 10.1. The first-order valence-corrected chi connectivity index (χ1v) is 7.47. The highest BCUT2D eigenvalue weighted by atomic mass is 32.1. The first kappa shape index (κ1) is 17.4. The third kappa shape index (κ3) is 3.49. The summed E-state index contributed by atoms with van der Waals surface area (Å²) in [4.78, 5) is 23.0. The minimum atomic E-state index is -1.62. The number of rotatable bonds is 5. The van der Waals surface area contributed by atoms with Crippen LogP contribution in [-0.2, 0) is 9.59 Å². The summed E-state index contributed by atoms with van der Waals surface area (Å²) in [5.74, 6) is -2.02. The Balaban J connectivity index is 2.46. The number of anilines is 1. The topological polar surface area (TPSA) is 105 Å². The van der Waals surface area contributed by atoms with E-state index in [1.165, 1.54) is 14.2 Å². The average Bonchev–Trinajstić information content (AvgIpc) is 2.98. The molecule has 2 rings (SSSR count). The number of thiophene rings is 1. The Bertz CT molecular complexity index is 811. The van der Waals surface area contributed by atoms with Gasteiger partial charge in [-0.25, -0.2) is 4.79 Å². The second kappa shape index (κ2) is 7.05. The number of methoxy groups -OCH3 is 2. The van der Waals surface area contributed by atoms with Crippen molar-refractivity contribution >= 4 is 34.7 Å². The average molecular weight is 349 g/mol. The van der Waals surface area contributed by atoms with Crippen molar-refractivity contribution in [3.63, 3.8) is 0 Å². The Morgan fingerprint density at radius 3 is 2.33 bits per heavy atom. The van der Waals surface area contributed by atoms with Crippen LogP contribution < -0.4 is 14.8 Å². The number of carboxylic acids is 1. The van der Waals surface area contributed by atoms with Crippen molar-refractivity contribution < 1.29 is 29.3 Å². The van der Waals surface area contributed by atoms with E-state index in [1.807, 2.05) is 0 Å². The van der Waals surface area contributed by atoms with E-state index >= 15 is 0 Å². The summed E-state index contributed by atoms with van der Waals surface area (Å²) in [7, 11) is 3.03. The second-order valence-corrected chi connectivity index (χ2v) is 5.68. The summed E-state index contributed by atoms with van der Waals surface area (Å²) in [5, 5.41) is 20.6. The molecule has 24 heavy (non-hydrogen) atoms. The molecule has 0 saturated heterocycles. The molecule has 1 heterocycles. The van der Waals surface area contributed by atoms with E-state index in [0.29, 0.717) is 16.4 Å². The monoisotopic (exact) mass is 349 g/mol. The van der Waals surface area contributed by atoms with Crippen LogP contribution >= 0.6 is 11.3 Å². The number of carbonyl (C=O) groups is 2. The van der Waals surface area contributed by atoms with Crippen molar-refractivity contribution in [3.8, 4) is 21.9 Å². The van der Waals surface area contributed by atoms with Gasteiger partial charge in [-0.1, -0.05) is 6.58 Å². The van der Waals surface area contributed by atoms with Gasteiger partial charge in [0.1, 0.15) is 5.76 Å². The lowest BCUT2D eigenvalue weighted by Crippen LogP contribution is -2.21. The minimum absolute atomic E-state index is 0.171. The lowest BCUT2D eigenvalue weighted by molar-refractivity contribution is -0.147. The first-order valence-electron chi connectivity index (χ1n) is 6.66. The highest BCUT2D eigenvalue weighted by Crippen LogP contribution is 2.40. The van der Waals surface area contributed by atoms with E-state index in [9.17, 15) is 14.7 Å². The molecule has 0 aliphatic heterocycles. The predicted molar refractivity (Wildman–Crippen MR) is 90.8 cm³/mol. The molecule has 3 N–H and O–H groups in total. The molecule has 7 nitrogen and oxygen atoms in total. The quantitative estimate of drug-likeness (QED) is 0.566. The first-order chi connectivity index (χ1) is 11.4. The maximum absolute atomic E-state index is 11.4. The van der Waals surface area contributed by atoms with Crippen LogP contribution in [0.1, 0.15) is 4.88 Å². The van der Waals surface area contributed by atoms with Crippen molar-refractivity contribution in [3.05, 3.63) is 35.7 Å². The van der Waals surface area contributed by atoms with E-state index in [4.69, 9.17) is 14.6 Å². The summed E-state index contributed by atoms with van der Waals surface area (Å²) in [6.45, 7) is 3.43. The van der Waals surface area contributed by atoms with Gasteiger partial charge in [-0.15, -0.1) is 11.3 Å². The highest BCUT2D eigenvalue weighted by molar-refractivity contribution is 7.17. The summed E-state index contributed by atoms with van der Waals surface area (Å²) in [6, 6.07) is 6.79. The van der Waals surface area contributed by atoms with Gasteiger partial charge < -0.3 is 25.0 Å². The SMILES string of the molecule is C=C(O)c1sc(-c2ccc(OC)c(OC)c2)cc1NC(=O)C(=O)O. The molecule has 8 heteroatoms. The molecule has 2 aromatic rings. The molecule has 0 saturated carbocycles. The smallest absolute Gasteiger partial charge is 0.394 e. The number of amides is 1. The fourth-order valence-electron chi connectivity index (χ4n) is 2.01. The number of nitrogens with one attached hydrogen (secondary N) is 1. The Morgan fingerprint density at radius 1 is 1.12 bits per heavy atom. The van der Waals surface area contributed by atoms with Crippen molar-refractivity contribution in [2.75, 3.05) is 19.5 Å². The molecule has 0 atom stereocenters. The molecule has 126 valence electrons. The molecule has 0 fully saturated rings. The lowest BCUT2D eigenvalue weighted by Gasteiger charge is -2.08. The van der Waals surface area contributed by atoms with E-state index in [1.54, 1.807) is 24.3 Å². The number of hydrogen-bond acceptors (Lipinski definition) is 6. The van der Waals surface area contributed by atoms with Crippen molar-refractivity contribution in [2.24, 2.45) is 0 Å². The molecule has 0 aliphatic carbocycles. The summed E-state index contributed by atoms with van der Waals surface area (Å²) in [6.07, 6.45) is 0. The Morgan fingerprint density at radius 2 is 1.79 bits per heavy atom. The number of ether oxygens (including phenoxy) is 2. The molecule has 1 amide bonds. The fraction of sp³-hybridized carbons (Fsp3) is 0.125. The largest absolute Gasteiger partial charge is 0.507 e. The van der Waals surface area contributed by atoms with Gasteiger partial charge in [0.25, 0.3) is 0 Å². The van der Waals surface area contributed by atoms with Crippen LogP contribution in [-0.4, -0.2) is 36.3 Å². The van der Waals surface area contributed by atoms with Gasteiger partial charge in [0.2, 0.25) is 0 Å². The highest BCUT2D eigenvalue weighted by Gasteiger charge is 2.19. The molecular weight excluding hydrogens is 334 g/mol. The van der Waals surface area contributed by atoms with Crippen molar-refractivity contribution in [1.29, 1.82) is 0 Å². The number of aliphatic hydroxyl groups is 1. The van der Waals surface area contributed by atoms with Crippen LogP contribution in [0.2, 0.25) is 0 Å². The van der Waals surface area contributed by atoms with E-state index in [-0.39, 0.29) is 16.3 Å². The van der Waals surface area contributed by atoms with E-state index < -0.39 is 11.9 Å². The van der Waals surface area contributed by atoms with Crippen molar-refractivity contribution in [2.45, 2.75) is 0 Å². The summed E-state index contributed by atoms with van der Waals surface area (Å²) >= 11 is 1.15. The maximum atomic E-state index is 11.4. The predicted octanol–water partition coefficient (Wildman–Crippen LogP) is 2.98. The lowest BCUT2D eigenvalue weighted by atomic mass is 10.1. The Labute approximate surface area is 141 Å². The van der Waals surface area contributed by atoms with Gasteiger partial charge in [-0.2, -0.15) is 0 Å². The van der Waals surface area contributed by atoms with Gasteiger partial charge in [0.05, 0.1) is 24.8 Å². The summed E-state index contributed by atoms with van der Waals surface area (Å²) < 4.78 is 10.4. The van der Waals surface area contributed by atoms with Crippen LogP contribution in [0.25, 0.3) is 16.2 Å². The summed E-state index contributed by atoms with van der Waals surface area (Å²) in [5.41, 5.74) is 0.917. The standard InChI is InChI=1S/C16H15NO6S/c1-8(18)14-10(17-15(19)16(20)21)7-13(24-14)9-4-5-11(22-2)12(6-9)23-3/h4-7,18H,1H2,2-3H3,(H,17,19)(H,20,21). The van der Waals surface area contributed by atoms with Gasteiger partial charge in [-0.05, 0) is 29.8 Å². The zero-order valence-electron chi connectivity index (χ0n) is 13.0. The zero-order valence-corrected chi connectivity index (χ0v) is 13.8. The molecule has 0 bridgehead atoms. The maximum Gasteiger partial charge on any atom is 0.394 e. The molecular formula is C16H15NO6S. The number of benzene rings is 1. The number of aliphatic carboxylic acids is 1. The Hall–Kier alpha value is -3.00. The van der Waals surface area contributed by atoms with Gasteiger partial charge in [0.15, 0.2) is 11.5 Å². The van der Waals surface area contributed by atoms with Crippen molar-refractivity contribution in [1.82, 2.24) is 0 Å². The van der Waals surface area contributed by atoms with E-state index in [2.05, 4.69) is 11.9 Å². The molecule has 0 radical (unpaired) electrons. The van der Waals surface area contributed by atoms with Crippen LogP contribution in [0.3, 0.4) is 0 Å². The third-order valence-electron chi connectivity index (χ3n) is 3.10. The van der Waals surface area contributed by atoms with Crippen LogP contribution in [0.15, 0.2) is 30.8 Å². The molecule has 0 spiro atoms. The number of hydrogen-bond donors (Lipinski definition) is 3. The van der Waals surface area contributed by atoms with Crippen LogP contribution in [0.4, 0.5) is 5.69 Å². The van der Waals surface area contributed by atoms with Crippen LogP contribution in [0.5, 0.6) is 11.5 Å². The van der Waals surface area contributed by atoms with E-state index in [0.717, 1.165) is 16.9 Å². The minimum Gasteiger partial charge on any atom is -0.507 e. The number of carboxylic acid groups (broad SMARTS) is 1. The fourth-order valence-corrected chi connectivity index (χ4v) is 2.99. The third-order valence-corrected chi connectivity index (χ3v) is 4.34.